The molecule has 0 aromatic heterocycles. The molecule has 18 heavy (non-hydrogen) atoms. The van der Waals surface area contributed by atoms with E-state index in [2.05, 4.69) is 11.2 Å². The lowest BCUT2D eigenvalue weighted by molar-refractivity contribution is -0.143. The zero-order chi connectivity index (χ0) is 13.4. The SMILES string of the molecule is C#CCNC(C(=O)OC)c1ccc(OCC)cc1. The highest BCUT2D eigenvalue weighted by Gasteiger charge is 2.20. The van der Waals surface area contributed by atoms with Crippen LogP contribution in [0.1, 0.15) is 18.5 Å². The first-order valence-corrected chi connectivity index (χ1v) is 5.70. The molecule has 0 bridgehead atoms. The summed E-state index contributed by atoms with van der Waals surface area (Å²) in [6, 6.07) is 6.70. The van der Waals surface area contributed by atoms with Crippen molar-refractivity contribution in [3.05, 3.63) is 29.8 Å². The number of hydrogen-bond acceptors (Lipinski definition) is 4. The highest BCUT2D eigenvalue weighted by atomic mass is 16.5. The van der Waals surface area contributed by atoms with Crippen LogP contribution in [0.2, 0.25) is 0 Å². The second-order valence-corrected chi connectivity index (χ2v) is 3.54. The van der Waals surface area contributed by atoms with Crippen LogP contribution in [-0.4, -0.2) is 26.2 Å². The molecule has 1 aromatic rings. The quantitative estimate of drug-likeness (QED) is 0.611. The van der Waals surface area contributed by atoms with Crippen LogP contribution in [0.4, 0.5) is 0 Å². The van der Waals surface area contributed by atoms with Gasteiger partial charge in [-0.1, -0.05) is 18.1 Å². The second-order valence-electron chi connectivity index (χ2n) is 3.54. The van der Waals surface area contributed by atoms with Crippen LogP contribution in [0.25, 0.3) is 0 Å². The average molecular weight is 247 g/mol. The van der Waals surface area contributed by atoms with Crippen LogP contribution in [0.15, 0.2) is 24.3 Å². The van der Waals surface area contributed by atoms with Gasteiger partial charge in [-0.3, -0.25) is 5.32 Å². The molecule has 96 valence electrons. The Kier molecular flexibility index (Phi) is 5.75. The topological polar surface area (TPSA) is 47.6 Å². The van der Waals surface area contributed by atoms with Crippen LogP contribution in [0, 0.1) is 12.3 Å². The third-order valence-corrected chi connectivity index (χ3v) is 2.37. The van der Waals surface area contributed by atoms with E-state index in [4.69, 9.17) is 15.9 Å². The molecule has 1 unspecified atom stereocenters. The summed E-state index contributed by atoms with van der Waals surface area (Å²) < 4.78 is 10.1. The maximum atomic E-state index is 11.6. The van der Waals surface area contributed by atoms with E-state index < -0.39 is 6.04 Å². The molecular formula is C14H17NO3. The highest BCUT2D eigenvalue weighted by Crippen LogP contribution is 2.18. The van der Waals surface area contributed by atoms with Gasteiger partial charge in [0.1, 0.15) is 11.8 Å². The number of rotatable bonds is 6. The molecular weight excluding hydrogens is 230 g/mol. The molecule has 0 aliphatic carbocycles. The molecule has 1 N–H and O–H groups in total. The van der Waals surface area contributed by atoms with Crippen molar-refractivity contribution in [2.24, 2.45) is 0 Å². The molecule has 1 rings (SSSR count). The van der Waals surface area contributed by atoms with Crippen molar-refractivity contribution >= 4 is 5.97 Å². The fraction of sp³-hybridized carbons (Fsp3) is 0.357. The third-order valence-electron chi connectivity index (χ3n) is 2.37. The lowest BCUT2D eigenvalue weighted by Crippen LogP contribution is -2.29. The summed E-state index contributed by atoms with van der Waals surface area (Å²) in [5.41, 5.74) is 0.792. The first kappa shape index (κ1) is 14.1. The van der Waals surface area contributed by atoms with Gasteiger partial charge in [-0.05, 0) is 24.6 Å². The van der Waals surface area contributed by atoms with E-state index in [0.717, 1.165) is 11.3 Å². The first-order chi connectivity index (χ1) is 8.72. The first-order valence-electron chi connectivity index (χ1n) is 5.70. The number of ether oxygens (including phenoxy) is 2. The molecule has 0 radical (unpaired) electrons. The molecule has 0 fully saturated rings. The Morgan fingerprint density at radius 2 is 2.11 bits per heavy atom. The number of carbonyl (C=O) groups excluding carboxylic acids is 1. The van der Waals surface area contributed by atoms with Crippen LogP contribution in [0.5, 0.6) is 5.75 Å². The Morgan fingerprint density at radius 1 is 1.44 bits per heavy atom. The molecule has 0 aliphatic rings. The number of carbonyl (C=O) groups is 1. The van der Waals surface area contributed by atoms with E-state index in [-0.39, 0.29) is 5.97 Å². The Morgan fingerprint density at radius 3 is 2.61 bits per heavy atom. The number of esters is 1. The number of nitrogens with one attached hydrogen (secondary N) is 1. The fourth-order valence-electron chi connectivity index (χ4n) is 1.54. The van der Waals surface area contributed by atoms with Crippen LogP contribution < -0.4 is 10.1 Å². The lowest BCUT2D eigenvalue weighted by atomic mass is 10.1. The summed E-state index contributed by atoms with van der Waals surface area (Å²) in [6.45, 7) is 2.82. The molecule has 0 saturated heterocycles. The van der Waals surface area contributed by atoms with Gasteiger partial charge in [0.05, 0.1) is 20.3 Å². The molecule has 4 nitrogen and oxygen atoms in total. The van der Waals surface area contributed by atoms with Crippen molar-refractivity contribution in [2.75, 3.05) is 20.3 Å². The van der Waals surface area contributed by atoms with Gasteiger partial charge in [0.2, 0.25) is 0 Å². The molecule has 0 heterocycles. The summed E-state index contributed by atoms with van der Waals surface area (Å²) in [5.74, 6) is 2.83. The van der Waals surface area contributed by atoms with Gasteiger partial charge in [0.25, 0.3) is 0 Å². The van der Waals surface area contributed by atoms with Crippen molar-refractivity contribution in [2.45, 2.75) is 13.0 Å². The van der Waals surface area contributed by atoms with E-state index in [9.17, 15) is 4.79 Å². The number of terminal acetylenes is 1. The Bertz CT molecular complexity index is 420. The Hall–Kier alpha value is -1.99. The Labute approximate surface area is 107 Å². The number of methoxy groups -OCH3 is 1. The van der Waals surface area contributed by atoms with E-state index in [1.165, 1.54) is 7.11 Å². The van der Waals surface area contributed by atoms with Gasteiger partial charge in [0, 0.05) is 0 Å². The Balaban J connectivity index is 2.84. The number of hydrogen-bond donors (Lipinski definition) is 1. The van der Waals surface area contributed by atoms with E-state index in [1.807, 2.05) is 31.2 Å². The molecule has 1 atom stereocenters. The predicted octanol–water partition coefficient (Wildman–Crippen LogP) is 1.52. The standard InChI is InChI=1S/C14H17NO3/c1-4-10-15-13(14(16)17-3)11-6-8-12(9-7-11)18-5-2/h1,6-9,13,15H,5,10H2,2-3H3. The maximum absolute atomic E-state index is 11.6. The third kappa shape index (κ3) is 3.79. The predicted molar refractivity (Wildman–Crippen MR) is 69.2 cm³/mol. The van der Waals surface area contributed by atoms with Crippen molar-refractivity contribution in [3.8, 4) is 18.1 Å². The minimum atomic E-state index is -0.554. The van der Waals surface area contributed by atoms with Crippen molar-refractivity contribution in [3.63, 3.8) is 0 Å². The number of benzene rings is 1. The summed E-state index contributed by atoms with van der Waals surface area (Å²) in [4.78, 5) is 11.6. The van der Waals surface area contributed by atoms with Crippen LogP contribution in [0.3, 0.4) is 0 Å². The molecule has 0 amide bonds. The second kappa shape index (κ2) is 7.36. The lowest BCUT2D eigenvalue weighted by Gasteiger charge is -2.15. The average Bonchev–Trinajstić information content (AvgIpc) is 2.41. The van der Waals surface area contributed by atoms with Crippen molar-refractivity contribution in [1.29, 1.82) is 0 Å². The maximum Gasteiger partial charge on any atom is 0.327 e. The monoisotopic (exact) mass is 247 g/mol. The van der Waals surface area contributed by atoms with Crippen molar-refractivity contribution in [1.82, 2.24) is 5.32 Å². The van der Waals surface area contributed by atoms with Gasteiger partial charge in [-0.15, -0.1) is 6.42 Å². The minimum Gasteiger partial charge on any atom is -0.494 e. The molecule has 0 saturated carbocycles. The smallest absolute Gasteiger partial charge is 0.327 e. The molecule has 1 aromatic carbocycles. The summed E-state index contributed by atoms with van der Waals surface area (Å²) in [7, 11) is 1.35. The van der Waals surface area contributed by atoms with Crippen molar-refractivity contribution < 1.29 is 14.3 Å². The van der Waals surface area contributed by atoms with Crippen LogP contribution in [-0.2, 0) is 9.53 Å². The molecule has 0 spiro atoms. The molecule has 0 aliphatic heterocycles. The zero-order valence-corrected chi connectivity index (χ0v) is 10.6. The highest BCUT2D eigenvalue weighted by molar-refractivity contribution is 5.77. The van der Waals surface area contributed by atoms with E-state index >= 15 is 0 Å². The minimum absolute atomic E-state index is 0.299. The van der Waals surface area contributed by atoms with Gasteiger partial charge in [0.15, 0.2) is 0 Å². The largest absolute Gasteiger partial charge is 0.494 e. The summed E-state index contributed by atoms with van der Waals surface area (Å²) in [6.07, 6.45) is 5.18. The zero-order valence-electron chi connectivity index (χ0n) is 10.6. The van der Waals surface area contributed by atoms with E-state index in [1.54, 1.807) is 0 Å². The van der Waals surface area contributed by atoms with Gasteiger partial charge < -0.3 is 9.47 Å². The van der Waals surface area contributed by atoms with Gasteiger partial charge in [-0.2, -0.15) is 0 Å². The summed E-state index contributed by atoms with van der Waals surface area (Å²) in [5, 5.41) is 2.94. The summed E-state index contributed by atoms with van der Waals surface area (Å²) >= 11 is 0. The van der Waals surface area contributed by atoms with E-state index in [0.29, 0.717) is 13.2 Å². The van der Waals surface area contributed by atoms with Gasteiger partial charge in [-0.25, -0.2) is 4.79 Å². The fourth-order valence-corrected chi connectivity index (χ4v) is 1.54. The van der Waals surface area contributed by atoms with Crippen LogP contribution >= 0.6 is 0 Å². The normalized spacial score (nSPS) is 11.4. The molecule has 4 heteroatoms. The van der Waals surface area contributed by atoms with Gasteiger partial charge >= 0.3 is 5.97 Å².